The molecule has 0 aromatic carbocycles. The van der Waals surface area contributed by atoms with Gasteiger partial charge in [0.15, 0.2) is 5.95 Å². The van der Waals surface area contributed by atoms with Gasteiger partial charge in [-0.15, -0.1) is 0 Å². The minimum Gasteiger partial charge on any atom is -0.327 e. The zero-order valence-electron chi connectivity index (χ0n) is 8.40. The van der Waals surface area contributed by atoms with Crippen molar-refractivity contribution in [3.63, 3.8) is 0 Å². The standard InChI is InChI=1S/C10H16FN/c1-7-8(10(2,3)4)6-12(5)9(7)11/h6H,1-5H3. The lowest BCUT2D eigenvalue weighted by Crippen LogP contribution is -2.11. The molecule has 0 amide bonds. The smallest absolute Gasteiger partial charge is 0.196 e. The number of aryl methyl sites for hydroxylation is 1. The number of nitrogens with zero attached hydrogens (tertiary/aromatic N) is 1. The van der Waals surface area contributed by atoms with E-state index in [0.717, 1.165) is 11.1 Å². The molecule has 1 heterocycles. The van der Waals surface area contributed by atoms with Gasteiger partial charge in [0.2, 0.25) is 0 Å². The highest BCUT2D eigenvalue weighted by atomic mass is 19.1. The average molecular weight is 169 g/mol. The Hall–Kier alpha value is -0.790. The summed E-state index contributed by atoms with van der Waals surface area (Å²) in [4.78, 5) is 0. The molecule has 0 atom stereocenters. The van der Waals surface area contributed by atoms with Crippen LogP contribution in [0, 0.1) is 12.9 Å². The molecule has 68 valence electrons. The summed E-state index contributed by atoms with van der Waals surface area (Å²) in [7, 11) is 1.73. The van der Waals surface area contributed by atoms with E-state index in [1.54, 1.807) is 7.05 Å². The first-order valence-electron chi connectivity index (χ1n) is 4.16. The zero-order chi connectivity index (χ0) is 9.52. The first kappa shape index (κ1) is 9.30. The molecule has 0 unspecified atom stereocenters. The molecule has 0 spiro atoms. The summed E-state index contributed by atoms with van der Waals surface area (Å²) < 4.78 is 14.8. The molecule has 0 fully saturated rings. The van der Waals surface area contributed by atoms with Crippen molar-refractivity contribution in [1.29, 1.82) is 0 Å². The minimum atomic E-state index is -0.125. The van der Waals surface area contributed by atoms with E-state index in [2.05, 4.69) is 20.8 Å². The second kappa shape index (κ2) is 2.61. The molecular formula is C10H16FN. The fourth-order valence-corrected chi connectivity index (χ4v) is 1.48. The third kappa shape index (κ3) is 1.38. The molecule has 0 N–H and O–H groups in total. The lowest BCUT2D eigenvalue weighted by molar-refractivity contribution is 0.527. The molecule has 1 rings (SSSR count). The van der Waals surface area contributed by atoms with Crippen molar-refractivity contribution in [1.82, 2.24) is 4.57 Å². The molecule has 0 bridgehead atoms. The van der Waals surface area contributed by atoms with Crippen LogP contribution in [0.2, 0.25) is 0 Å². The summed E-state index contributed by atoms with van der Waals surface area (Å²) in [5.74, 6) is -0.125. The van der Waals surface area contributed by atoms with Crippen molar-refractivity contribution >= 4 is 0 Å². The number of aromatic nitrogens is 1. The molecule has 2 heteroatoms. The SMILES string of the molecule is Cc1c(C(C)(C)C)cn(C)c1F. The Morgan fingerprint density at radius 3 is 2.00 bits per heavy atom. The Kier molecular flexibility index (Phi) is 2.02. The van der Waals surface area contributed by atoms with Crippen molar-refractivity contribution < 1.29 is 4.39 Å². The van der Waals surface area contributed by atoms with Crippen LogP contribution in [-0.2, 0) is 12.5 Å². The van der Waals surface area contributed by atoms with Crippen LogP contribution in [0.3, 0.4) is 0 Å². The van der Waals surface area contributed by atoms with Gasteiger partial charge in [0, 0.05) is 18.8 Å². The van der Waals surface area contributed by atoms with Crippen molar-refractivity contribution in [2.45, 2.75) is 33.1 Å². The molecule has 1 aromatic rings. The van der Waals surface area contributed by atoms with Gasteiger partial charge in [-0.1, -0.05) is 20.8 Å². The quantitative estimate of drug-likeness (QED) is 0.562. The first-order chi connectivity index (χ1) is 5.34. The molecule has 0 saturated heterocycles. The highest BCUT2D eigenvalue weighted by Crippen LogP contribution is 2.27. The average Bonchev–Trinajstić information content (AvgIpc) is 2.15. The Balaban J connectivity index is 3.28. The highest BCUT2D eigenvalue weighted by molar-refractivity contribution is 5.30. The van der Waals surface area contributed by atoms with E-state index in [4.69, 9.17) is 0 Å². The summed E-state index contributed by atoms with van der Waals surface area (Å²) in [6.45, 7) is 8.11. The van der Waals surface area contributed by atoms with E-state index in [0.29, 0.717) is 0 Å². The van der Waals surface area contributed by atoms with Crippen molar-refractivity contribution in [2.75, 3.05) is 0 Å². The second-order valence-corrected chi connectivity index (χ2v) is 4.32. The fourth-order valence-electron chi connectivity index (χ4n) is 1.48. The topological polar surface area (TPSA) is 4.93 Å². The van der Waals surface area contributed by atoms with E-state index in [1.165, 1.54) is 4.57 Å². The molecule has 0 aliphatic heterocycles. The predicted molar refractivity (Wildman–Crippen MR) is 48.8 cm³/mol. The van der Waals surface area contributed by atoms with Gasteiger partial charge < -0.3 is 4.57 Å². The van der Waals surface area contributed by atoms with Gasteiger partial charge in [-0.05, 0) is 17.9 Å². The van der Waals surface area contributed by atoms with Gasteiger partial charge in [0.05, 0.1) is 0 Å². The number of hydrogen-bond donors (Lipinski definition) is 0. The van der Waals surface area contributed by atoms with Crippen molar-refractivity contribution in [2.24, 2.45) is 7.05 Å². The van der Waals surface area contributed by atoms with Crippen LogP contribution in [0.1, 0.15) is 31.9 Å². The van der Waals surface area contributed by atoms with E-state index < -0.39 is 0 Å². The van der Waals surface area contributed by atoms with Crippen molar-refractivity contribution in [3.8, 4) is 0 Å². The van der Waals surface area contributed by atoms with Gasteiger partial charge in [0.25, 0.3) is 0 Å². The summed E-state index contributed by atoms with van der Waals surface area (Å²) in [6, 6.07) is 0. The van der Waals surface area contributed by atoms with Crippen LogP contribution < -0.4 is 0 Å². The summed E-state index contributed by atoms with van der Waals surface area (Å²) in [6.07, 6.45) is 1.87. The highest BCUT2D eigenvalue weighted by Gasteiger charge is 2.20. The van der Waals surface area contributed by atoms with Crippen LogP contribution in [-0.4, -0.2) is 4.57 Å². The molecular weight excluding hydrogens is 153 g/mol. The summed E-state index contributed by atoms with van der Waals surface area (Å²) in [5.41, 5.74) is 1.89. The molecule has 0 radical (unpaired) electrons. The van der Waals surface area contributed by atoms with Gasteiger partial charge in [0.1, 0.15) is 0 Å². The second-order valence-electron chi connectivity index (χ2n) is 4.32. The number of halogens is 1. The van der Waals surface area contributed by atoms with E-state index in [1.807, 2.05) is 13.1 Å². The number of hydrogen-bond acceptors (Lipinski definition) is 0. The van der Waals surface area contributed by atoms with E-state index in [-0.39, 0.29) is 11.4 Å². The number of rotatable bonds is 0. The van der Waals surface area contributed by atoms with Crippen LogP contribution in [0.4, 0.5) is 4.39 Å². The third-order valence-electron chi connectivity index (χ3n) is 2.15. The van der Waals surface area contributed by atoms with Gasteiger partial charge >= 0.3 is 0 Å². The fraction of sp³-hybridized carbons (Fsp3) is 0.600. The normalized spacial score (nSPS) is 12.2. The molecule has 1 nitrogen and oxygen atoms in total. The Morgan fingerprint density at radius 2 is 1.83 bits per heavy atom. The zero-order valence-corrected chi connectivity index (χ0v) is 8.40. The van der Waals surface area contributed by atoms with Gasteiger partial charge in [-0.3, -0.25) is 0 Å². The molecule has 12 heavy (non-hydrogen) atoms. The Labute approximate surface area is 73.2 Å². The lowest BCUT2D eigenvalue weighted by Gasteiger charge is -2.17. The largest absolute Gasteiger partial charge is 0.327 e. The van der Waals surface area contributed by atoms with Crippen LogP contribution in [0.25, 0.3) is 0 Å². The van der Waals surface area contributed by atoms with E-state index >= 15 is 0 Å². The maximum atomic E-state index is 13.2. The maximum Gasteiger partial charge on any atom is 0.196 e. The summed E-state index contributed by atoms with van der Waals surface area (Å²) >= 11 is 0. The Morgan fingerprint density at radius 1 is 1.33 bits per heavy atom. The molecule has 0 saturated carbocycles. The van der Waals surface area contributed by atoms with Crippen LogP contribution >= 0.6 is 0 Å². The lowest BCUT2D eigenvalue weighted by atomic mass is 9.87. The predicted octanol–water partition coefficient (Wildman–Crippen LogP) is 2.77. The van der Waals surface area contributed by atoms with Gasteiger partial charge in [-0.2, -0.15) is 4.39 Å². The molecule has 1 aromatic heterocycles. The van der Waals surface area contributed by atoms with Crippen molar-refractivity contribution in [3.05, 3.63) is 23.3 Å². The molecule has 0 aliphatic carbocycles. The first-order valence-corrected chi connectivity index (χ1v) is 4.16. The van der Waals surface area contributed by atoms with Crippen LogP contribution in [0.5, 0.6) is 0 Å². The molecule has 0 aliphatic rings. The maximum absolute atomic E-state index is 13.2. The third-order valence-corrected chi connectivity index (χ3v) is 2.15. The summed E-state index contributed by atoms with van der Waals surface area (Å²) in [5, 5.41) is 0. The van der Waals surface area contributed by atoms with Crippen LogP contribution in [0.15, 0.2) is 6.20 Å². The monoisotopic (exact) mass is 169 g/mol. The minimum absolute atomic E-state index is 0.0339. The van der Waals surface area contributed by atoms with Gasteiger partial charge in [-0.25, -0.2) is 0 Å². The van der Waals surface area contributed by atoms with E-state index in [9.17, 15) is 4.39 Å². The Bertz CT molecular complexity index is 292.